The number of nitrogens with one attached hydrogen (secondary N) is 1. The van der Waals surface area contributed by atoms with E-state index in [2.05, 4.69) is 37.9 Å². The first-order chi connectivity index (χ1) is 9.08. The van der Waals surface area contributed by atoms with Gasteiger partial charge in [0.1, 0.15) is 0 Å². The highest BCUT2D eigenvalue weighted by molar-refractivity contribution is 4.89. The van der Waals surface area contributed by atoms with E-state index in [9.17, 15) is 0 Å². The second kappa shape index (κ2) is 7.05. The molecule has 1 N–H and O–H groups in total. The van der Waals surface area contributed by atoms with Crippen LogP contribution in [0.3, 0.4) is 0 Å². The molecule has 3 unspecified atom stereocenters. The second-order valence-electron chi connectivity index (χ2n) is 6.97. The lowest BCUT2D eigenvalue weighted by Crippen LogP contribution is -2.59. The largest absolute Gasteiger partial charge is 0.381 e. The highest BCUT2D eigenvalue weighted by Gasteiger charge is 2.32. The Kier molecular flexibility index (Phi) is 5.67. The van der Waals surface area contributed by atoms with E-state index >= 15 is 0 Å². The normalized spacial score (nSPS) is 32.7. The summed E-state index contributed by atoms with van der Waals surface area (Å²) in [6.45, 7) is 13.7. The molecule has 0 bridgehead atoms. The fourth-order valence-electron chi connectivity index (χ4n) is 3.72. The summed E-state index contributed by atoms with van der Waals surface area (Å²) in [7, 11) is 0. The molecule has 0 aromatic rings. The maximum Gasteiger partial charge on any atom is 0.0469 e. The van der Waals surface area contributed by atoms with Crippen LogP contribution in [0.2, 0.25) is 0 Å². The van der Waals surface area contributed by atoms with Crippen molar-refractivity contribution >= 4 is 0 Å². The maximum atomic E-state index is 5.51. The minimum Gasteiger partial charge on any atom is -0.381 e. The fraction of sp³-hybridized carbons (Fsp3) is 1.00. The van der Waals surface area contributed by atoms with E-state index in [-0.39, 0.29) is 0 Å². The predicted molar refractivity (Wildman–Crippen MR) is 80.4 cm³/mol. The van der Waals surface area contributed by atoms with Gasteiger partial charge in [-0.2, -0.15) is 0 Å². The lowest BCUT2D eigenvalue weighted by Gasteiger charge is -2.45. The highest BCUT2D eigenvalue weighted by atomic mass is 16.5. The van der Waals surface area contributed by atoms with Crippen LogP contribution in [-0.2, 0) is 4.74 Å². The van der Waals surface area contributed by atoms with Crippen LogP contribution in [0.4, 0.5) is 0 Å². The Balaban J connectivity index is 1.91. The summed E-state index contributed by atoms with van der Waals surface area (Å²) in [4.78, 5) is 2.75. The Bertz CT molecular complexity index is 263. The molecule has 0 amide bonds. The standard InChI is InChI=1S/C16H32N2O/c1-12(2)9-16-11-18(13(3)10-17-16)14(4)15-5-7-19-8-6-15/h12-17H,5-11H2,1-4H3. The predicted octanol–water partition coefficient (Wildman–Crippen LogP) is 2.51. The SMILES string of the molecule is CC(C)CC1CN(C(C)C2CCOCC2)C(C)CN1. The molecule has 2 aliphatic heterocycles. The molecule has 2 rings (SSSR count). The summed E-state index contributed by atoms with van der Waals surface area (Å²) in [6.07, 6.45) is 3.78. The summed E-state index contributed by atoms with van der Waals surface area (Å²) < 4.78 is 5.51. The van der Waals surface area contributed by atoms with Crippen LogP contribution < -0.4 is 5.32 Å². The second-order valence-corrected chi connectivity index (χ2v) is 6.97. The molecule has 2 saturated heterocycles. The van der Waals surface area contributed by atoms with Gasteiger partial charge in [0.15, 0.2) is 0 Å². The topological polar surface area (TPSA) is 24.5 Å². The van der Waals surface area contributed by atoms with E-state index in [1.165, 1.54) is 25.8 Å². The van der Waals surface area contributed by atoms with Crippen LogP contribution in [0.15, 0.2) is 0 Å². The van der Waals surface area contributed by atoms with Crippen LogP contribution in [-0.4, -0.2) is 49.3 Å². The van der Waals surface area contributed by atoms with Gasteiger partial charge in [-0.3, -0.25) is 4.90 Å². The zero-order valence-electron chi connectivity index (χ0n) is 13.2. The number of rotatable bonds is 4. The van der Waals surface area contributed by atoms with Gasteiger partial charge in [-0.05, 0) is 44.9 Å². The molecule has 0 saturated carbocycles. The van der Waals surface area contributed by atoms with Gasteiger partial charge in [0, 0.05) is 44.4 Å². The number of hydrogen-bond acceptors (Lipinski definition) is 3. The molecule has 0 aliphatic carbocycles. The van der Waals surface area contributed by atoms with Crippen molar-refractivity contribution in [2.24, 2.45) is 11.8 Å². The third kappa shape index (κ3) is 4.17. The van der Waals surface area contributed by atoms with Crippen molar-refractivity contribution in [2.45, 2.75) is 65.1 Å². The highest BCUT2D eigenvalue weighted by Crippen LogP contribution is 2.26. The number of ether oxygens (including phenoxy) is 1. The maximum absolute atomic E-state index is 5.51. The van der Waals surface area contributed by atoms with Crippen molar-refractivity contribution in [2.75, 3.05) is 26.3 Å². The van der Waals surface area contributed by atoms with Gasteiger partial charge in [0.2, 0.25) is 0 Å². The fourth-order valence-corrected chi connectivity index (χ4v) is 3.72. The summed E-state index contributed by atoms with van der Waals surface area (Å²) in [5.74, 6) is 1.61. The van der Waals surface area contributed by atoms with Gasteiger partial charge in [0.25, 0.3) is 0 Å². The van der Waals surface area contributed by atoms with E-state index in [0.29, 0.717) is 18.1 Å². The van der Waals surface area contributed by atoms with Crippen molar-refractivity contribution in [1.82, 2.24) is 10.2 Å². The number of hydrogen-bond donors (Lipinski definition) is 1. The summed E-state index contributed by atoms with van der Waals surface area (Å²) >= 11 is 0. The van der Waals surface area contributed by atoms with Crippen LogP contribution in [0.5, 0.6) is 0 Å². The molecule has 0 radical (unpaired) electrons. The van der Waals surface area contributed by atoms with Gasteiger partial charge >= 0.3 is 0 Å². The lowest BCUT2D eigenvalue weighted by atomic mass is 9.89. The molecule has 19 heavy (non-hydrogen) atoms. The van der Waals surface area contributed by atoms with Gasteiger partial charge in [-0.1, -0.05) is 13.8 Å². The molecule has 3 atom stereocenters. The Morgan fingerprint density at radius 3 is 2.53 bits per heavy atom. The van der Waals surface area contributed by atoms with Gasteiger partial charge in [-0.15, -0.1) is 0 Å². The van der Waals surface area contributed by atoms with Crippen molar-refractivity contribution in [3.8, 4) is 0 Å². The summed E-state index contributed by atoms with van der Waals surface area (Å²) in [6, 6.07) is 2.05. The van der Waals surface area contributed by atoms with Crippen molar-refractivity contribution < 1.29 is 4.74 Å². The molecular weight excluding hydrogens is 236 g/mol. The Hall–Kier alpha value is -0.120. The van der Waals surface area contributed by atoms with E-state index in [1.807, 2.05) is 0 Å². The number of nitrogens with zero attached hydrogens (tertiary/aromatic N) is 1. The summed E-state index contributed by atoms with van der Waals surface area (Å²) in [5.41, 5.74) is 0. The minimum atomic E-state index is 0.668. The molecule has 0 aromatic heterocycles. The molecule has 2 aliphatic rings. The molecular formula is C16H32N2O. The van der Waals surface area contributed by atoms with Gasteiger partial charge in [-0.25, -0.2) is 0 Å². The molecule has 2 fully saturated rings. The molecule has 0 spiro atoms. The first-order valence-electron chi connectivity index (χ1n) is 8.14. The van der Waals surface area contributed by atoms with Crippen molar-refractivity contribution in [1.29, 1.82) is 0 Å². The van der Waals surface area contributed by atoms with E-state index in [0.717, 1.165) is 31.6 Å². The third-order valence-corrected chi connectivity index (χ3v) is 4.93. The monoisotopic (exact) mass is 268 g/mol. The molecule has 112 valence electrons. The van der Waals surface area contributed by atoms with E-state index < -0.39 is 0 Å². The Labute approximate surface area is 119 Å². The average molecular weight is 268 g/mol. The molecule has 0 aromatic carbocycles. The Morgan fingerprint density at radius 2 is 1.89 bits per heavy atom. The van der Waals surface area contributed by atoms with Gasteiger partial charge in [0.05, 0.1) is 0 Å². The lowest BCUT2D eigenvalue weighted by molar-refractivity contribution is 0.00592. The molecule has 2 heterocycles. The van der Waals surface area contributed by atoms with Crippen LogP contribution in [0.1, 0.15) is 47.0 Å². The van der Waals surface area contributed by atoms with Gasteiger partial charge < -0.3 is 10.1 Å². The smallest absolute Gasteiger partial charge is 0.0469 e. The minimum absolute atomic E-state index is 0.668. The Morgan fingerprint density at radius 1 is 1.21 bits per heavy atom. The van der Waals surface area contributed by atoms with Crippen LogP contribution in [0.25, 0.3) is 0 Å². The summed E-state index contributed by atoms with van der Waals surface area (Å²) in [5, 5.41) is 3.72. The molecule has 3 nitrogen and oxygen atoms in total. The quantitative estimate of drug-likeness (QED) is 0.848. The van der Waals surface area contributed by atoms with E-state index in [4.69, 9.17) is 4.74 Å². The first kappa shape index (κ1) is 15.3. The zero-order valence-corrected chi connectivity index (χ0v) is 13.2. The van der Waals surface area contributed by atoms with Crippen molar-refractivity contribution in [3.63, 3.8) is 0 Å². The zero-order chi connectivity index (χ0) is 13.8. The van der Waals surface area contributed by atoms with Crippen molar-refractivity contribution in [3.05, 3.63) is 0 Å². The first-order valence-corrected chi connectivity index (χ1v) is 8.14. The van der Waals surface area contributed by atoms with Crippen LogP contribution >= 0.6 is 0 Å². The average Bonchev–Trinajstić information content (AvgIpc) is 2.40. The molecule has 3 heteroatoms. The van der Waals surface area contributed by atoms with E-state index in [1.54, 1.807) is 0 Å². The van der Waals surface area contributed by atoms with Crippen LogP contribution in [0, 0.1) is 11.8 Å². The third-order valence-electron chi connectivity index (χ3n) is 4.93. The number of piperazine rings is 1.